The minimum atomic E-state index is 0.343. The lowest BCUT2D eigenvalue weighted by atomic mass is 9.87. The van der Waals surface area contributed by atoms with Gasteiger partial charge in [-0.05, 0) is 18.4 Å². The summed E-state index contributed by atoms with van der Waals surface area (Å²) in [4.78, 5) is 4.80. The predicted molar refractivity (Wildman–Crippen MR) is 71.2 cm³/mol. The van der Waals surface area contributed by atoms with Gasteiger partial charge in [-0.25, -0.2) is 0 Å². The van der Waals surface area contributed by atoms with Crippen LogP contribution in [0.25, 0.3) is 0 Å². The van der Waals surface area contributed by atoms with Crippen LogP contribution in [0.15, 0.2) is 40.9 Å². The molecular weight excluding hydrogens is 193 g/mol. The highest BCUT2D eigenvalue weighted by atomic mass is 14.8. The largest absolute Gasteiger partial charge is 0.281 e. The molecule has 2 radical (unpaired) electrons. The summed E-state index contributed by atoms with van der Waals surface area (Å²) < 4.78 is 0. The predicted octanol–water partition coefficient (Wildman–Crippen LogP) is 3.26. The van der Waals surface area contributed by atoms with Crippen molar-refractivity contribution in [1.29, 1.82) is 0 Å². The number of hydrogen-bond donors (Lipinski definition) is 0. The van der Waals surface area contributed by atoms with Gasteiger partial charge >= 0.3 is 0 Å². The summed E-state index contributed by atoms with van der Waals surface area (Å²) in [6, 6.07) is 0.343. The van der Waals surface area contributed by atoms with Crippen LogP contribution >= 0.6 is 0 Å². The number of rotatable bonds is 4. The quantitative estimate of drug-likeness (QED) is 0.633. The van der Waals surface area contributed by atoms with E-state index in [2.05, 4.69) is 37.3 Å². The van der Waals surface area contributed by atoms with Gasteiger partial charge in [-0.3, -0.25) is 4.99 Å². The van der Waals surface area contributed by atoms with Crippen LogP contribution in [0.3, 0.4) is 0 Å². The van der Waals surface area contributed by atoms with Crippen LogP contribution in [0.4, 0.5) is 0 Å². The molecule has 0 saturated heterocycles. The SMILES string of the molecule is [B]CCCC1=NC2C=CC=CC2/C1=C/CC. The summed E-state index contributed by atoms with van der Waals surface area (Å²) in [5, 5.41) is 0. The molecule has 0 fully saturated rings. The second kappa shape index (κ2) is 5.33. The molecule has 82 valence electrons. The normalized spacial score (nSPS) is 29.6. The molecule has 1 aliphatic carbocycles. The summed E-state index contributed by atoms with van der Waals surface area (Å²) in [5.74, 6) is 0.484. The molecule has 0 aromatic carbocycles. The first kappa shape index (κ1) is 11.4. The van der Waals surface area contributed by atoms with E-state index in [4.69, 9.17) is 12.8 Å². The van der Waals surface area contributed by atoms with E-state index < -0.39 is 0 Å². The van der Waals surface area contributed by atoms with Gasteiger partial charge in [0.25, 0.3) is 0 Å². The van der Waals surface area contributed by atoms with Crippen LogP contribution in [0, 0.1) is 5.92 Å². The van der Waals surface area contributed by atoms with Gasteiger partial charge in [-0.2, -0.15) is 0 Å². The van der Waals surface area contributed by atoms with Crippen LogP contribution in [0.2, 0.25) is 6.32 Å². The molecule has 2 heteroatoms. The lowest BCUT2D eigenvalue weighted by Crippen LogP contribution is -2.13. The van der Waals surface area contributed by atoms with E-state index in [1.165, 1.54) is 11.3 Å². The Bertz CT molecular complexity index is 363. The summed E-state index contributed by atoms with van der Waals surface area (Å²) in [5.41, 5.74) is 2.71. The van der Waals surface area contributed by atoms with E-state index in [1.54, 1.807) is 0 Å². The molecular formula is C14H18BN. The molecule has 0 aromatic rings. The third kappa shape index (κ3) is 2.21. The number of aliphatic imine (C=N–C) groups is 1. The molecule has 1 nitrogen and oxygen atoms in total. The van der Waals surface area contributed by atoms with Gasteiger partial charge in [0.2, 0.25) is 0 Å². The maximum Gasteiger partial charge on any atom is 0.0790 e. The lowest BCUT2D eigenvalue weighted by Gasteiger charge is -2.15. The maximum absolute atomic E-state index is 5.57. The van der Waals surface area contributed by atoms with Gasteiger partial charge in [0.15, 0.2) is 0 Å². The molecule has 0 spiro atoms. The number of nitrogens with zero attached hydrogens (tertiary/aromatic N) is 1. The van der Waals surface area contributed by atoms with Gasteiger partial charge in [0.1, 0.15) is 0 Å². The van der Waals surface area contributed by atoms with Crippen LogP contribution in [-0.2, 0) is 0 Å². The molecule has 0 amide bonds. The Balaban J connectivity index is 2.19. The molecule has 0 N–H and O–H groups in total. The molecule has 16 heavy (non-hydrogen) atoms. The second-order valence-corrected chi connectivity index (χ2v) is 4.32. The van der Waals surface area contributed by atoms with Gasteiger partial charge in [-0.15, -0.1) is 0 Å². The highest BCUT2D eigenvalue weighted by Gasteiger charge is 2.30. The molecule has 2 atom stereocenters. The number of hydrogen-bond acceptors (Lipinski definition) is 1. The highest BCUT2D eigenvalue weighted by molar-refractivity contribution is 6.09. The maximum atomic E-state index is 5.57. The Hall–Kier alpha value is -1.05. The smallest absolute Gasteiger partial charge is 0.0790 e. The van der Waals surface area contributed by atoms with Crippen molar-refractivity contribution < 1.29 is 0 Å². The van der Waals surface area contributed by atoms with Crippen molar-refractivity contribution in [2.24, 2.45) is 10.9 Å². The summed E-state index contributed by atoms with van der Waals surface area (Å²) in [6.45, 7) is 2.18. The average Bonchev–Trinajstić information content (AvgIpc) is 2.66. The molecule has 0 bridgehead atoms. The zero-order valence-electron chi connectivity index (χ0n) is 9.89. The molecule has 2 rings (SSSR count). The third-order valence-corrected chi connectivity index (χ3v) is 3.14. The topological polar surface area (TPSA) is 12.4 Å². The Morgan fingerprint density at radius 2 is 2.19 bits per heavy atom. The Morgan fingerprint density at radius 3 is 2.94 bits per heavy atom. The van der Waals surface area contributed by atoms with Crippen LogP contribution in [0.1, 0.15) is 26.2 Å². The standard InChI is InChI=1S/C14H18BN/c1-2-6-11-12-7-3-4-8-13(12)16-14(11)9-5-10-15/h3-4,6-8,12-13H,2,5,9-10H2,1H3/b11-6-. The first-order chi connectivity index (χ1) is 7.86. The minimum absolute atomic E-state index is 0.343. The van der Waals surface area contributed by atoms with Crippen molar-refractivity contribution in [3.8, 4) is 0 Å². The molecule has 2 aliphatic rings. The summed E-state index contributed by atoms with van der Waals surface area (Å²) in [6.07, 6.45) is 14.9. The van der Waals surface area contributed by atoms with Crippen molar-refractivity contribution in [2.45, 2.75) is 38.5 Å². The fourth-order valence-corrected chi connectivity index (χ4v) is 2.41. The fourth-order valence-electron chi connectivity index (χ4n) is 2.41. The monoisotopic (exact) mass is 211 g/mol. The first-order valence-corrected chi connectivity index (χ1v) is 6.19. The lowest BCUT2D eigenvalue weighted by molar-refractivity contribution is 0.703. The number of allylic oxidation sites excluding steroid dienone is 3. The van der Waals surface area contributed by atoms with E-state index in [-0.39, 0.29) is 0 Å². The zero-order chi connectivity index (χ0) is 11.4. The van der Waals surface area contributed by atoms with E-state index >= 15 is 0 Å². The second-order valence-electron chi connectivity index (χ2n) is 4.32. The van der Waals surface area contributed by atoms with E-state index in [0.717, 1.165) is 25.6 Å². The zero-order valence-corrected chi connectivity index (χ0v) is 9.89. The van der Waals surface area contributed by atoms with E-state index in [9.17, 15) is 0 Å². The minimum Gasteiger partial charge on any atom is -0.281 e. The molecule has 2 unspecified atom stereocenters. The summed E-state index contributed by atoms with van der Waals surface area (Å²) in [7, 11) is 5.57. The first-order valence-electron chi connectivity index (χ1n) is 6.19. The molecule has 1 aliphatic heterocycles. The van der Waals surface area contributed by atoms with Gasteiger partial charge < -0.3 is 0 Å². The highest BCUT2D eigenvalue weighted by Crippen LogP contribution is 2.33. The van der Waals surface area contributed by atoms with E-state index in [1.807, 2.05) is 0 Å². The molecule has 0 saturated carbocycles. The summed E-state index contributed by atoms with van der Waals surface area (Å²) >= 11 is 0. The molecule has 1 heterocycles. The van der Waals surface area contributed by atoms with Crippen LogP contribution in [0.5, 0.6) is 0 Å². The van der Waals surface area contributed by atoms with Crippen molar-refractivity contribution in [1.82, 2.24) is 0 Å². The van der Waals surface area contributed by atoms with Crippen molar-refractivity contribution in [3.05, 3.63) is 36.0 Å². The van der Waals surface area contributed by atoms with Crippen LogP contribution < -0.4 is 0 Å². The number of fused-ring (bicyclic) bond motifs is 1. The Morgan fingerprint density at radius 1 is 1.38 bits per heavy atom. The van der Waals surface area contributed by atoms with Crippen molar-refractivity contribution >= 4 is 13.6 Å². The van der Waals surface area contributed by atoms with Crippen molar-refractivity contribution in [3.63, 3.8) is 0 Å². The molecule has 0 aromatic heterocycles. The average molecular weight is 211 g/mol. The Kier molecular flexibility index (Phi) is 3.81. The van der Waals surface area contributed by atoms with E-state index in [0.29, 0.717) is 12.0 Å². The Labute approximate surface area is 99.5 Å². The van der Waals surface area contributed by atoms with Crippen LogP contribution in [-0.4, -0.2) is 19.6 Å². The third-order valence-electron chi connectivity index (χ3n) is 3.14. The van der Waals surface area contributed by atoms with Gasteiger partial charge in [0, 0.05) is 11.6 Å². The van der Waals surface area contributed by atoms with Crippen molar-refractivity contribution in [2.75, 3.05) is 0 Å². The fraction of sp³-hybridized carbons (Fsp3) is 0.500. The van der Waals surface area contributed by atoms with Gasteiger partial charge in [-0.1, -0.05) is 50.0 Å². The van der Waals surface area contributed by atoms with Gasteiger partial charge in [0.05, 0.1) is 13.9 Å².